The smallest absolute Gasteiger partial charge is 0.378 e. The Balaban J connectivity index is 3.28. The van der Waals surface area contributed by atoms with Gasteiger partial charge in [0.05, 0.1) is 13.2 Å². The Labute approximate surface area is 128 Å². The van der Waals surface area contributed by atoms with Gasteiger partial charge in [-0.1, -0.05) is 20.8 Å². The number of ether oxygens (including phenoxy) is 2. The molecule has 0 fully saturated rings. The predicted octanol–water partition coefficient (Wildman–Crippen LogP) is 0.170. The fraction of sp³-hybridized carbons (Fsp3) is 0.786. The summed E-state index contributed by atoms with van der Waals surface area (Å²) >= 11 is 0. The minimum atomic E-state index is -1.72. The highest BCUT2D eigenvalue weighted by Gasteiger charge is 2.56. The van der Waals surface area contributed by atoms with Crippen molar-refractivity contribution in [2.45, 2.75) is 51.4 Å². The third kappa shape index (κ3) is 3.52. The second-order valence-corrected chi connectivity index (χ2v) is 5.66. The maximum atomic E-state index is 12.1. The molecule has 0 radical (unpaired) electrons. The molecule has 0 spiro atoms. The van der Waals surface area contributed by atoms with Crippen molar-refractivity contribution < 1.29 is 39.7 Å². The highest BCUT2D eigenvalue weighted by atomic mass is 17.1. The largest absolute Gasteiger partial charge is 0.478 e. The van der Waals surface area contributed by atoms with Crippen molar-refractivity contribution in [2.24, 2.45) is 5.92 Å². The average Bonchev–Trinajstić information content (AvgIpc) is 2.75. The molecule has 1 rings (SSSR count). The van der Waals surface area contributed by atoms with Crippen LogP contribution in [0.2, 0.25) is 0 Å². The molecule has 0 bridgehead atoms. The average molecular weight is 320 g/mol. The molecule has 128 valence electrons. The van der Waals surface area contributed by atoms with Crippen molar-refractivity contribution in [3.8, 4) is 0 Å². The molecule has 1 aliphatic rings. The van der Waals surface area contributed by atoms with Crippen LogP contribution < -0.4 is 0 Å². The van der Waals surface area contributed by atoms with E-state index in [4.69, 9.17) is 9.47 Å². The highest BCUT2D eigenvalue weighted by Crippen LogP contribution is 2.41. The maximum Gasteiger partial charge on any atom is 0.378 e. The zero-order valence-electron chi connectivity index (χ0n) is 13.0. The molecule has 3 atom stereocenters. The number of cyclic esters (lactones) is 1. The van der Waals surface area contributed by atoms with Crippen molar-refractivity contribution in [1.82, 2.24) is 0 Å². The summed E-state index contributed by atoms with van der Waals surface area (Å²) in [4.78, 5) is 16.3. The Morgan fingerprint density at radius 2 is 1.91 bits per heavy atom. The van der Waals surface area contributed by atoms with E-state index in [1.807, 2.05) is 13.8 Å². The first-order chi connectivity index (χ1) is 10.4. The summed E-state index contributed by atoms with van der Waals surface area (Å²) in [6.45, 7) is 4.33. The van der Waals surface area contributed by atoms with Gasteiger partial charge in [-0.2, -0.15) is 0 Å². The lowest BCUT2D eigenvalue weighted by Crippen LogP contribution is -2.48. The molecule has 22 heavy (non-hydrogen) atoms. The van der Waals surface area contributed by atoms with Crippen LogP contribution in [0.5, 0.6) is 0 Å². The number of aliphatic hydroxyl groups excluding tert-OH is 3. The van der Waals surface area contributed by atoms with Crippen LogP contribution in [0.1, 0.15) is 33.6 Å². The van der Waals surface area contributed by atoms with E-state index in [1.165, 1.54) is 0 Å². The lowest BCUT2D eigenvalue weighted by molar-refractivity contribution is -0.241. The first-order valence-corrected chi connectivity index (χ1v) is 7.22. The lowest BCUT2D eigenvalue weighted by Gasteiger charge is -2.33. The van der Waals surface area contributed by atoms with Gasteiger partial charge in [0, 0.05) is 0 Å². The van der Waals surface area contributed by atoms with Crippen molar-refractivity contribution in [1.29, 1.82) is 0 Å². The van der Waals surface area contributed by atoms with E-state index in [9.17, 15) is 25.4 Å². The van der Waals surface area contributed by atoms with E-state index in [0.29, 0.717) is 6.42 Å². The summed E-state index contributed by atoms with van der Waals surface area (Å²) in [7, 11) is 0. The number of carbonyl (C=O) groups is 1. The van der Waals surface area contributed by atoms with Gasteiger partial charge in [0.25, 0.3) is 5.76 Å². The quantitative estimate of drug-likeness (QED) is 0.269. The van der Waals surface area contributed by atoms with Crippen molar-refractivity contribution in [2.75, 3.05) is 13.2 Å². The van der Waals surface area contributed by atoms with Crippen LogP contribution in [0.15, 0.2) is 11.5 Å². The standard InChI is InChI=1S/C14H24O8/c1-4-9(6-15)20-11-12(22-19)14(5-8(2)3,10(17)7-16)21-13(11)18/h8-10,15-17,19H,4-7H2,1-3H3/t9?,10-,14+/m0/s1. The Morgan fingerprint density at radius 1 is 1.27 bits per heavy atom. The Kier molecular flexibility index (Phi) is 6.61. The van der Waals surface area contributed by atoms with E-state index in [-0.39, 0.29) is 24.7 Å². The Morgan fingerprint density at radius 3 is 2.32 bits per heavy atom. The van der Waals surface area contributed by atoms with E-state index < -0.39 is 36.1 Å². The molecule has 1 aliphatic heterocycles. The molecule has 0 aromatic heterocycles. The minimum Gasteiger partial charge on any atom is -0.478 e. The van der Waals surface area contributed by atoms with E-state index >= 15 is 0 Å². The van der Waals surface area contributed by atoms with Gasteiger partial charge in [-0.3, -0.25) is 0 Å². The second-order valence-electron chi connectivity index (χ2n) is 5.66. The Hall–Kier alpha value is -1.35. The summed E-state index contributed by atoms with van der Waals surface area (Å²) in [6.07, 6.45) is -1.66. The molecule has 8 nitrogen and oxygen atoms in total. The van der Waals surface area contributed by atoms with Crippen LogP contribution in [0.3, 0.4) is 0 Å². The van der Waals surface area contributed by atoms with Gasteiger partial charge < -0.3 is 29.7 Å². The minimum absolute atomic E-state index is 0.0432. The molecule has 8 heteroatoms. The van der Waals surface area contributed by atoms with Crippen LogP contribution in [0.4, 0.5) is 0 Å². The van der Waals surface area contributed by atoms with Gasteiger partial charge in [0.2, 0.25) is 11.4 Å². The van der Waals surface area contributed by atoms with Crippen molar-refractivity contribution in [3.63, 3.8) is 0 Å². The lowest BCUT2D eigenvalue weighted by atomic mass is 9.86. The van der Waals surface area contributed by atoms with E-state index in [0.717, 1.165) is 0 Å². The molecule has 0 aromatic carbocycles. The molecule has 0 saturated heterocycles. The number of esters is 1. The zero-order chi connectivity index (χ0) is 16.9. The Bertz CT molecular complexity index is 415. The molecule has 0 amide bonds. The van der Waals surface area contributed by atoms with E-state index in [2.05, 4.69) is 4.89 Å². The van der Waals surface area contributed by atoms with Gasteiger partial charge >= 0.3 is 5.97 Å². The predicted molar refractivity (Wildman–Crippen MR) is 74.4 cm³/mol. The van der Waals surface area contributed by atoms with Crippen molar-refractivity contribution >= 4 is 5.97 Å². The zero-order valence-corrected chi connectivity index (χ0v) is 13.0. The molecule has 1 heterocycles. The summed E-state index contributed by atoms with van der Waals surface area (Å²) in [5.74, 6) is -1.77. The van der Waals surface area contributed by atoms with Gasteiger partial charge in [-0.05, 0) is 18.8 Å². The number of hydrogen-bond acceptors (Lipinski definition) is 8. The van der Waals surface area contributed by atoms with Crippen LogP contribution in [-0.2, 0) is 19.2 Å². The highest BCUT2D eigenvalue weighted by molar-refractivity contribution is 5.90. The summed E-state index contributed by atoms with van der Waals surface area (Å²) in [5, 5.41) is 37.7. The maximum absolute atomic E-state index is 12.1. The van der Waals surface area contributed by atoms with Crippen LogP contribution >= 0.6 is 0 Å². The normalized spacial score (nSPS) is 24.5. The SMILES string of the molecule is CCC(CO)OC1=C(OO)[C@@](CC(C)C)([C@@H](O)CO)OC1=O. The van der Waals surface area contributed by atoms with Gasteiger partial charge in [0.1, 0.15) is 12.2 Å². The van der Waals surface area contributed by atoms with Crippen LogP contribution in [0, 0.1) is 5.92 Å². The van der Waals surface area contributed by atoms with Gasteiger partial charge in [-0.15, -0.1) is 0 Å². The van der Waals surface area contributed by atoms with Crippen LogP contribution in [-0.4, -0.2) is 57.6 Å². The number of rotatable bonds is 9. The molecular weight excluding hydrogens is 296 g/mol. The second kappa shape index (κ2) is 7.77. The molecule has 0 saturated carbocycles. The van der Waals surface area contributed by atoms with Crippen molar-refractivity contribution in [3.05, 3.63) is 11.5 Å². The fourth-order valence-electron chi connectivity index (χ4n) is 2.42. The fourth-order valence-corrected chi connectivity index (χ4v) is 2.42. The van der Waals surface area contributed by atoms with E-state index in [1.54, 1.807) is 6.92 Å². The monoisotopic (exact) mass is 320 g/mol. The summed E-state index contributed by atoms with van der Waals surface area (Å²) in [5.41, 5.74) is -1.72. The summed E-state index contributed by atoms with van der Waals surface area (Å²) < 4.78 is 10.5. The first-order valence-electron chi connectivity index (χ1n) is 7.22. The third-order valence-electron chi connectivity index (χ3n) is 3.51. The number of hydrogen-bond donors (Lipinski definition) is 4. The molecule has 4 N–H and O–H groups in total. The van der Waals surface area contributed by atoms with Gasteiger partial charge in [-0.25, -0.2) is 10.1 Å². The molecular formula is C14H24O8. The number of carbonyl (C=O) groups excluding carboxylic acids is 1. The first kappa shape index (κ1) is 18.7. The van der Waals surface area contributed by atoms with Crippen LogP contribution in [0.25, 0.3) is 0 Å². The molecule has 1 unspecified atom stereocenters. The molecule has 0 aliphatic carbocycles. The summed E-state index contributed by atoms with van der Waals surface area (Å²) in [6, 6.07) is 0. The van der Waals surface area contributed by atoms with Gasteiger partial charge in [0.15, 0.2) is 0 Å². The number of aliphatic hydroxyl groups is 3. The third-order valence-corrected chi connectivity index (χ3v) is 3.51. The molecule has 0 aromatic rings. The topological polar surface area (TPSA) is 126 Å².